The van der Waals surface area contributed by atoms with Crippen LogP contribution in [-0.4, -0.2) is 18.6 Å². The van der Waals surface area contributed by atoms with Gasteiger partial charge in [-0.05, 0) is 38.1 Å². The third-order valence-corrected chi connectivity index (χ3v) is 3.21. The zero-order chi connectivity index (χ0) is 7.68. The zero-order valence-corrected chi connectivity index (χ0v) is 7.05. The molecule has 0 aromatic carbocycles. The summed E-state index contributed by atoms with van der Waals surface area (Å²) in [6.07, 6.45) is 6.87. The van der Waals surface area contributed by atoms with Crippen LogP contribution in [0.4, 0.5) is 0 Å². The Morgan fingerprint density at radius 2 is 2.27 bits per heavy atom. The van der Waals surface area contributed by atoms with Gasteiger partial charge in [0.2, 0.25) is 0 Å². The first kappa shape index (κ1) is 7.56. The molecule has 0 unspecified atom stereocenters. The summed E-state index contributed by atoms with van der Waals surface area (Å²) in [7, 11) is 0. The van der Waals surface area contributed by atoms with Gasteiger partial charge in [0.25, 0.3) is 0 Å². The number of rotatable bonds is 2. The maximum atomic E-state index is 5.52. The van der Waals surface area contributed by atoms with Crippen LogP contribution in [0.3, 0.4) is 0 Å². The highest BCUT2D eigenvalue weighted by molar-refractivity contribution is 4.94. The van der Waals surface area contributed by atoms with Gasteiger partial charge in [-0.25, -0.2) is 0 Å². The van der Waals surface area contributed by atoms with E-state index in [4.69, 9.17) is 5.73 Å². The van der Waals surface area contributed by atoms with Crippen LogP contribution in [0.1, 0.15) is 32.1 Å². The maximum absolute atomic E-state index is 5.52. The van der Waals surface area contributed by atoms with Crippen LogP contribution in [0.25, 0.3) is 0 Å². The standard InChI is InChI=1S/C9H18N2/c10-5-4-8-6-7-2-1-3-9(7)11-8/h7-9,11H,1-6,10H2/t7-,8-,9-/m0/s1. The SMILES string of the molecule is NCC[C@H]1C[C@@H]2CCC[C@@H]2N1. The van der Waals surface area contributed by atoms with Gasteiger partial charge in [0, 0.05) is 12.1 Å². The van der Waals surface area contributed by atoms with Crippen LogP contribution in [0, 0.1) is 5.92 Å². The van der Waals surface area contributed by atoms with Gasteiger partial charge in [-0.2, -0.15) is 0 Å². The van der Waals surface area contributed by atoms with Crippen LogP contribution in [0.2, 0.25) is 0 Å². The van der Waals surface area contributed by atoms with Gasteiger partial charge in [-0.3, -0.25) is 0 Å². The molecular weight excluding hydrogens is 136 g/mol. The van der Waals surface area contributed by atoms with Crippen molar-refractivity contribution >= 4 is 0 Å². The second-order valence-corrected chi connectivity index (χ2v) is 3.97. The van der Waals surface area contributed by atoms with Gasteiger partial charge in [0.1, 0.15) is 0 Å². The Balaban J connectivity index is 1.84. The van der Waals surface area contributed by atoms with Crippen LogP contribution < -0.4 is 11.1 Å². The first-order valence-electron chi connectivity index (χ1n) is 4.86. The summed E-state index contributed by atoms with van der Waals surface area (Å²) in [6, 6.07) is 1.60. The Morgan fingerprint density at radius 3 is 3.00 bits per heavy atom. The normalized spacial score (nSPS) is 42.8. The minimum absolute atomic E-state index is 0.746. The fraction of sp³-hybridized carbons (Fsp3) is 1.00. The highest BCUT2D eigenvalue weighted by Gasteiger charge is 2.35. The van der Waals surface area contributed by atoms with Crippen molar-refractivity contribution in [3.8, 4) is 0 Å². The molecule has 2 rings (SSSR count). The van der Waals surface area contributed by atoms with Gasteiger partial charge in [0.05, 0.1) is 0 Å². The molecule has 1 saturated heterocycles. The van der Waals surface area contributed by atoms with Crippen molar-refractivity contribution in [2.75, 3.05) is 6.54 Å². The Kier molecular flexibility index (Phi) is 2.14. The third-order valence-electron chi connectivity index (χ3n) is 3.21. The summed E-state index contributed by atoms with van der Waals surface area (Å²) in [6.45, 7) is 0.844. The highest BCUT2D eigenvalue weighted by Crippen LogP contribution is 2.35. The van der Waals surface area contributed by atoms with E-state index in [1.807, 2.05) is 0 Å². The Hall–Kier alpha value is -0.0800. The molecule has 11 heavy (non-hydrogen) atoms. The summed E-state index contributed by atoms with van der Waals surface area (Å²) in [5.41, 5.74) is 5.52. The predicted octanol–water partition coefficient (Wildman–Crippen LogP) is 0.866. The van der Waals surface area contributed by atoms with Crippen molar-refractivity contribution in [3.63, 3.8) is 0 Å². The molecule has 1 heterocycles. The number of fused-ring (bicyclic) bond motifs is 1. The fourth-order valence-electron chi connectivity index (χ4n) is 2.68. The largest absolute Gasteiger partial charge is 0.330 e. The second-order valence-electron chi connectivity index (χ2n) is 3.97. The summed E-state index contributed by atoms with van der Waals surface area (Å²) in [5.74, 6) is 0.992. The molecule has 0 radical (unpaired) electrons. The van der Waals surface area contributed by atoms with Crippen molar-refractivity contribution in [2.24, 2.45) is 11.7 Å². The molecule has 1 aliphatic carbocycles. The molecule has 0 bridgehead atoms. The minimum Gasteiger partial charge on any atom is -0.330 e. The number of hydrogen-bond donors (Lipinski definition) is 2. The molecule has 2 nitrogen and oxygen atoms in total. The van der Waals surface area contributed by atoms with Gasteiger partial charge in [-0.1, -0.05) is 6.42 Å². The van der Waals surface area contributed by atoms with Gasteiger partial charge >= 0.3 is 0 Å². The molecule has 1 saturated carbocycles. The molecule has 1 aliphatic heterocycles. The van der Waals surface area contributed by atoms with Gasteiger partial charge in [0.15, 0.2) is 0 Å². The molecule has 3 N–H and O–H groups in total. The molecule has 64 valence electrons. The lowest BCUT2D eigenvalue weighted by atomic mass is 10.0. The van der Waals surface area contributed by atoms with E-state index in [2.05, 4.69) is 5.32 Å². The van der Waals surface area contributed by atoms with Crippen LogP contribution in [0.5, 0.6) is 0 Å². The summed E-state index contributed by atoms with van der Waals surface area (Å²) >= 11 is 0. The molecule has 2 heteroatoms. The summed E-state index contributed by atoms with van der Waals surface area (Å²) in [5, 5.41) is 3.67. The predicted molar refractivity (Wildman–Crippen MR) is 46.3 cm³/mol. The van der Waals surface area contributed by atoms with Crippen LogP contribution in [-0.2, 0) is 0 Å². The van der Waals surface area contributed by atoms with E-state index < -0.39 is 0 Å². The van der Waals surface area contributed by atoms with Crippen molar-refractivity contribution in [3.05, 3.63) is 0 Å². The lowest BCUT2D eigenvalue weighted by Gasteiger charge is -2.10. The van der Waals surface area contributed by atoms with E-state index in [1.165, 1.54) is 32.1 Å². The summed E-state index contributed by atoms with van der Waals surface area (Å²) in [4.78, 5) is 0. The molecule has 2 aliphatic rings. The molecule has 0 aromatic heterocycles. The molecule has 0 spiro atoms. The Morgan fingerprint density at radius 1 is 1.36 bits per heavy atom. The minimum atomic E-state index is 0.746. The van der Waals surface area contributed by atoms with Crippen molar-refractivity contribution in [1.29, 1.82) is 0 Å². The first-order valence-corrected chi connectivity index (χ1v) is 4.86. The number of nitrogens with two attached hydrogens (primary N) is 1. The lowest BCUT2D eigenvalue weighted by molar-refractivity contribution is 0.506. The van der Waals surface area contributed by atoms with Crippen LogP contribution >= 0.6 is 0 Å². The highest BCUT2D eigenvalue weighted by atomic mass is 15.0. The van der Waals surface area contributed by atoms with E-state index in [9.17, 15) is 0 Å². The summed E-state index contributed by atoms with van der Waals surface area (Å²) < 4.78 is 0. The smallest absolute Gasteiger partial charge is 0.00985 e. The lowest BCUT2D eigenvalue weighted by Crippen LogP contribution is -2.30. The zero-order valence-electron chi connectivity index (χ0n) is 7.05. The topological polar surface area (TPSA) is 38.0 Å². The fourth-order valence-corrected chi connectivity index (χ4v) is 2.68. The second kappa shape index (κ2) is 3.11. The maximum Gasteiger partial charge on any atom is 0.00985 e. The quantitative estimate of drug-likeness (QED) is 0.619. The third kappa shape index (κ3) is 1.42. The molecule has 3 atom stereocenters. The van der Waals surface area contributed by atoms with E-state index in [-0.39, 0.29) is 0 Å². The average molecular weight is 154 g/mol. The van der Waals surface area contributed by atoms with Gasteiger partial charge < -0.3 is 11.1 Å². The van der Waals surface area contributed by atoms with E-state index in [0.29, 0.717) is 0 Å². The van der Waals surface area contributed by atoms with Crippen molar-refractivity contribution in [2.45, 2.75) is 44.2 Å². The van der Waals surface area contributed by atoms with Crippen molar-refractivity contribution in [1.82, 2.24) is 5.32 Å². The molecule has 0 amide bonds. The van der Waals surface area contributed by atoms with E-state index >= 15 is 0 Å². The average Bonchev–Trinajstić information content (AvgIpc) is 2.46. The van der Waals surface area contributed by atoms with E-state index in [1.54, 1.807) is 0 Å². The number of hydrogen-bond acceptors (Lipinski definition) is 2. The first-order chi connectivity index (χ1) is 5.40. The van der Waals surface area contributed by atoms with Crippen molar-refractivity contribution < 1.29 is 0 Å². The molecule has 2 fully saturated rings. The van der Waals surface area contributed by atoms with E-state index in [0.717, 1.165) is 24.5 Å². The Bertz CT molecular complexity index is 124. The Labute approximate surface area is 68.5 Å². The monoisotopic (exact) mass is 154 g/mol. The molecule has 0 aromatic rings. The number of nitrogens with one attached hydrogen (secondary N) is 1. The molecular formula is C9H18N2. The van der Waals surface area contributed by atoms with Crippen LogP contribution in [0.15, 0.2) is 0 Å². The van der Waals surface area contributed by atoms with Gasteiger partial charge in [-0.15, -0.1) is 0 Å².